The molecule has 0 bridgehead atoms. The monoisotopic (exact) mass is 460 g/mol. The second-order valence-electron chi connectivity index (χ2n) is 6.33. The number of nitrogens with zero attached hydrogens (tertiary/aromatic N) is 2. The van der Waals surface area contributed by atoms with Crippen LogP contribution >= 0.6 is 23.1 Å². The number of rotatable bonds is 8. The van der Waals surface area contributed by atoms with E-state index in [2.05, 4.69) is 26.8 Å². The van der Waals surface area contributed by atoms with Gasteiger partial charge in [-0.2, -0.15) is 0 Å². The zero-order chi connectivity index (χ0) is 21.7. The first-order chi connectivity index (χ1) is 14.3. The number of benzene rings is 2. The van der Waals surface area contributed by atoms with Crippen molar-refractivity contribution in [2.24, 2.45) is 0 Å². The summed E-state index contributed by atoms with van der Waals surface area (Å²) in [5.41, 5.74) is 2.03. The van der Waals surface area contributed by atoms with Gasteiger partial charge in [-0.15, -0.1) is 16.8 Å². The summed E-state index contributed by atoms with van der Waals surface area (Å²) in [5, 5.41) is 10.9. The van der Waals surface area contributed by atoms with E-state index in [1.165, 1.54) is 29.2 Å². The van der Waals surface area contributed by atoms with Crippen molar-refractivity contribution in [1.82, 2.24) is 10.2 Å². The number of hydrogen-bond acceptors (Lipinski definition) is 7. The van der Waals surface area contributed by atoms with Gasteiger partial charge in [0.05, 0.1) is 10.6 Å². The minimum absolute atomic E-state index is 0.0397. The van der Waals surface area contributed by atoms with Crippen molar-refractivity contribution in [1.29, 1.82) is 0 Å². The number of carbonyl (C=O) groups excluding carboxylic acids is 1. The lowest BCUT2D eigenvalue weighted by atomic mass is 10.1. The minimum atomic E-state index is -3.87. The zero-order valence-electron chi connectivity index (χ0n) is 16.4. The standard InChI is InChI=1S/C20H20N4O3S3/c1-4-11-28-20-23-22-19(29-20)21-18(25)15-10-9-14(3)17(12-15)30(26,27)24-16-8-6-5-7-13(16)2/h4-10,12,24H,1,11H2,2-3H3,(H,21,22,25). The Hall–Kier alpha value is -2.69. The number of hydrogen-bond donors (Lipinski definition) is 2. The molecule has 3 rings (SSSR count). The molecule has 3 aromatic rings. The Kier molecular flexibility index (Phi) is 6.91. The van der Waals surface area contributed by atoms with Crippen molar-refractivity contribution in [3.05, 3.63) is 71.8 Å². The van der Waals surface area contributed by atoms with Gasteiger partial charge in [0.25, 0.3) is 15.9 Å². The maximum atomic E-state index is 12.9. The molecule has 2 N–H and O–H groups in total. The molecule has 156 valence electrons. The van der Waals surface area contributed by atoms with E-state index in [4.69, 9.17) is 0 Å². The van der Waals surface area contributed by atoms with Crippen LogP contribution in [0.3, 0.4) is 0 Å². The topological polar surface area (TPSA) is 101 Å². The SMILES string of the molecule is C=CCSc1nnc(NC(=O)c2ccc(C)c(S(=O)(=O)Nc3ccccc3C)c2)s1. The highest BCUT2D eigenvalue weighted by atomic mass is 32.2. The van der Waals surface area contributed by atoms with Crippen molar-refractivity contribution in [3.63, 3.8) is 0 Å². The summed E-state index contributed by atoms with van der Waals surface area (Å²) < 4.78 is 29.2. The number of amides is 1. The van der Waals surface area contributed by atoms with Crippen LogP contribution in [0.15, 0.2) is 64.4 Å². The fourth-order valence-corrected chi connectivity index (χ4v) is 5.45. The van der Waals surface area contributed by atoms with Crippen LogP contribution in [0.4, 0.5) is 10.8 Å². The van der Waals surface area contributed by atoms with Gasteiger partial charge in [0.2, 0.25) is 5.13 Å². The van der Waals surface area contributed by atoms with E-state index in [9.17, 15) is 13.2 Å². The molecular formula is C20H20N4O3S3. The third kappa shape index (κ3) is 5.26. The average molecular weight is 461 g/mol. The molecule has 0 aliphatic heterocycles. The van der Waals surface area contributed by atoms with E-state index >= 15 is 0 Å². The van der Waals surface area contributed by atoms with E-state index < -0.39 is 15.9 Å². The van der Waals surface area contributed by atoms with Gasteiger partial charge in [-0.3, -0.25) is 14.8 Å². The maximum absolute atomic E-state index is 12.9. The molecule has 10 heteroatoms. The first kappa shape index (κ1) is 22.0. The number of aryl methyl sites for hydroxylation is 2. The van der Waals surface area contributed by atoms with Crippen LogP contribution in [0.2, 0.25) is 0 Å². The van der Waals surface area contributed by atoms with Gasteiger partial charge in [0, 0.05) is 11.3 Å². The second kappa shape index (κ2) is 9.41. The van der Waals surface area contributed by atoms with Crippen LogP contribution in [0.1, 0.15) is 21.5 Å². The fraction of sp³-hybridized carbons (Fsp3) is 0.150. The minimum Gasteiger partial charge on any atom is -0.296 e. The van der Waals surface area contributed by atoms with Gasteiger partial charge < -0.3 is 0 Å². The molecular weight excluding hydrogens is 440 g/mol. The van der Waals surface area contributed by atoms with Gasteiger partial charge >= 0.3 is 0 Å². The number of aromatic nitrogens is 2. The fourth-order valence-electron chi connectivity index (χ4n) is 2.54. The van der Waals surface area contributed by atoms with Crippen LogP contribution in [-0.4, -0.2) is 30.3 Å². The number of thioether (sulfide) groups is 1. The Morgan fingerprint density at radius 2 is 1.93 bits per heavy atom. The molecule has 0 saturated heterocycles. The average Bonchev–Trinajstić information content (AvgIpc) is 3.15. The molecule has 0 unspecified atom stereocenters. The van der Waals surface area contributed by atoms with Crippen molar-refractivity contribution < 1.29 is 13.2 Å². The van der Waals surface area contributed by atoms with Crippen molar-refractivity contribution in [3.8, 4) is 0 Å². The number of anilines is 2. The van der Waals surface area contributed by atoms with E-state index in [1.807, 2.05) is 19.1 Å². The molecule has 1 aromatic heterocycles. The lowest BCUT2D eigenvalue weighted by Gasteiger charge is -2.13. The van der Waals surface area contributed by atoms with Gasteiger partial charge in [-0.25, -0.2) is 8.42 Å². The predicted octanol–water partition coefficient (Wildman–Crippen LogP) is 4.49. The lowest BCUT2D eigenvalue weighted by Crippen LogP contribution is -2.17. The number of carbonyl (C=O) groups is 1. The molecule has 1 amide bonds. The number of para-hydroxylation sites is 1. The van der Waals surface area contributed by atoms with Crippen LogP contribution in [0.5, 0.6) is 0 Å². The highest BCUT2D eigenvalue weighted by Gasteiger charge is 2.20. The Morgan fingerprint density at radius 1 is 1.17 bits per heavy atom. The molecule has 0 saturated carbocycles. The van der Waals surface area contributed by atoms with Gasteiger partial charge in [0.1, 0.15) is 0 Å². The third-order valence-electron chi connectivity index (χ3n) is 4.08. The lowest BCUT2D eigenvalue weighted by molar-refractivity contribution is 0.102. The molecule has 0 radical (unpaired) electrons. The molecule has 0 aliphatic carbocycles. The second-order valence-corrected chi connectivity index (χ2v) is 10.2. The van der Waals surface area contributed by atoms with E-state index in [-0.39, 0.29) is 10.5 Å². The summed E-state index contributed by atoms with van der Waals surface area (Å²) in [6.07, 6.45) is 1.75. The zero-order valence-corrected chi connectivity index (χ0v) is 18.8. The van der Waals surface area contributed by atoms with E-state index in [0.717, 1.165) is 5.56 Å². The summed E-state index contributed by atoms with van der Waals surface area (Å²) in [5.74, 6) is 0.231. The summed E-state index contributed by atoms with van der Waals surface area (Å²) in [4.78, 5) is 12.7. The van der Waals surface area contributed by atoms with Crippen LogP contribution in [-0.2, 0) is 10.0 Å². The smallest absolute Gasteiger partial charge is 0.262 e. The quantitative estimate of drug-likeness (QED) is 0.292. The van der Waals surface area contributed by atoms with Crippen LogP contribution < -0.4 is 10.0 Å². The van der Waals surface area contributed by atoms with Gasteiger partial charge in [-0.1, -0.05) is 53.4 Å². The summed E-state index contributed by atoms with van der Waals surface area (Å²) in [6, 6.07) is 11.6. The first-order valence-corrected chi connectivity index (χ1v) is 12.2. The van der Waals surface area contributed by atoms with Crippen LogP contribution in [0, 0.1) is 13.8 Å². The van der Waals surface area contributed by atoms with Crippen molar-refractivity contribution in [2.75, 3.05) is 15.8 Å². The molecule has 30 heavy (non-hydrogen) atoms. The van der Waals surface area contributed by atoms with Crippen molar-refractivity contribution in [2.45, 2.75) is 23.1 Å². The third-order valence-corrected chi connectivity index (χ3v) is 7.56. The summed E-state index contributed by atoms with van der Waals surface area (Å²) in [6.45, 7) is 7.15. The van der Waals surface area contributed by atoms with Gasteiger partial charge in [0.15, 0.2) is 4.34 Å². The van der Waals surface area contributed by atoms with E-state index in [0.29, 0.717) is 26.5 Å². The molecule has 0 spiro atoms. The molecule has 2 aromatic carbocycles. The van der Waals surface area contributed by atoms with Crippen molar-refractivity contribution >= 4 is 49.8 Å². The number of nitrogens with one attached hydrogen (secondary N) is 2. The number of sulfonamides is 1. The first-order valence-electron chi connectivity index (χ1n) is 8.88. The highest BCUT2D eigenvalue weighted by Crippen LogP contribution is 2.27. The predicted molar refractivity (Wildman–Crippen MR) is 122 cm³/mol. The Labute approximate surface area is 183 Å². The normalized spacial score (nSPS) is 11.1. The largest absolute Gasteiger partial charge is 0.296 e. The molecule has 0 aliphatic rings. The maximum Gasteiger partial charge on any atom is 0.262 e. The molecule has 0 fully saturated rings. The Bertz CT molecular complexity index is 1190. The van der Waals surface area contributed by atoms with Crippen LogP contribution in [0.25, 0.3) is 0 Å². The van der Waals surface area contributed by atoms with Gasteiger partial charge in [-0.05, 0) is 43.2 Å². The summed E-state index contributed by atoms with van der Waals surface area (Å²) in [7, 11) is -3.87. The highest BCUT2D eigenvalue weighted by molar-refractivity contribution is 8.01. The Morgan fingerprint density at radius 3 is 2.67 bits per heavy atom. The summed E-state index contributed by atoms with van der Waals surface area (Å²) >= 11 is 2.70. The molecule has 7 nitrogen and oxygen atoms in total. The van der Waals surface area contributed by atoms with E-state index in [1.54, 1.807) is 37.3 Å². The molecule has 1 heterocycles. The Balaban J connectivity index is 1.82. The molecule has 0 atom stereocenters.